The molecule has 1 unspecified atom stereocenters. The molecular formula is C9H9N3O2. The maximum absolute atomic E-state index is 10.7. The molecule has 5 heteroatoms. The van der Waals surface area contributed by atoms with E-state index in [-0.39, 0.29) is 0 Å². The van der Waals surface area contributed by atoms with Gasteiger partial charge in [0.05, 0.1) is 17.8 Å². The number of fused-ring (bicyclic) bond motifs is 1. The Balaban J connectivity index is 2.50. The van der Waals surface area contributed by atoms with Gasteiger partial charge in [-0.2, -0.15) is 5.10 Å². The fraction of sp³-hybridized carbons (Fsp3) is 0.222. The molecule has 0 fully saturated rings. The zero-order chi connectivity index (χ0) is 10.1. The average molecular weight is 191 g/mol. The smallest absolute Gasteiger partial charge is 0.312 e. The molecule has 1 N–H and O–H groups in total. The predicted octanol–water partition coefficient (Wildman–Crippen LogP) is 0.917. The van der Waals surface area contributed by atoms with Crippen LogP contribution in [-0.4, -0.2) is 25.7 Å². The molecule has 2 rings (SSSR count). The van der Waals surface area contributed by atoms with Gasteiger partial charge in [-0.15, -0.1) is 0 Å². The Morgan fingerprint density at radius 1 is 1.64 bits per heavy atom. The maximum Gasteiger partial charge on any atom is 0.312 e. The van der Waals surface area contributed by atoms with Crippen molar-refractivity contribution in [3.63, 3.8) is 0 Å². The summed E-state index contributed by atoms with van der Waals surface area (Å²) in [5.74, 6) is -1.48. The quantitative estimate of drug-likeness (QED) is 0.766. The average Bonchev–Trinajstić information content (AvgIpc) is 2.59. The van der Waals surface area contributed by atoms with E-state index in [0.29, 0.717) is 11.3 Å². The summed E-state index contributed by atoms with van der Waals surface area (Å²) in [6.45, 7) is 1.60. The molecule has 0 amide bonds. The van der Waals surface area contributed by atoms with Crippen LogP contribution in [-0.2, 0) is 4.79 Å². The lowest BCUT2D eigenvalue weighted by Crippen LogP contribution is -2.07. The molecule has 5 nitrogen and oxygen atoms in total. The minimum Gasteiger partial charge on any atom is -0.481 e. The summed E-state index contributed by atoms with van der Waals surface area (Å²) >= 11 is 0. The van der Waals surface area contributed by atoms with Crippen LogP contribution in [0.4, 0.5) is 0 Å². The van der Waals surface area contributed by atoms with Crippen LogP contribution in [0.3, 0.4) is 0 Å². The molecule has 2 aromatic rings. The molecule has 0 saturated heterocycles. The molecule has 0 spiro atoms. The Bertz CT molecular complexity index is 445. The molecule has 0 saturated carbocycles. The number of carboxylic acids is 1. The summed E-state index contributed by atoms with van der Waals surface area (Å²) in [6.07, 6.45) is 3.26. The molecule has 1 atom stereocenters. The fourth-order valence-electron chi connectivity index (χ4n) is 1.18. The Hall–Kier alpha value is -1.91. The number of carboxylic acid groups (broad SMARTS) is 1. The number of aliphatic carboxylic acids is 1. The monoisotopic (exact) mass is 191 g/mol. The second-order valence-electron chi connectivity index (χ2n) is 3.05. The Kier molecular flexibility index (Phi) is 1.92. The highest BCUT2D eigenvalue weighted by Gasteiger charge is 2.16. The third-order valence-corrected chi connectivity index (χ3v) is 2.07. The highest BCUT2D eigenvalue weighted by Crippen LogP contribution is 2.14. The van der Waals surface area contributed by atoms with E-state index >= 15 is 0 Å². The summed E-state index contributed by atoms with van der Waals surface area (Å²) in [5, 5.41) is 12.8. The first-order valence-corrected chi connectivity index (χ1v) is 4.21. The van der Waals surface area contributed by atoms with Crippen LogP contribution < -0.4 is 0 Å². The van der Waals surface area contributed by atoms with Crippen molar-refractivity contribution < 1.29 is 9.90 Å². The second-order valence-corrected chi connectivity index (χ2v) is 3.05. The largest absolute Gasteiger partial charge is 0.481 e. The number of hydrogen-bond donors (Lipinski definition) is 1. The van der Waals surface area contributed by atoms with Gasteiger partial charge in [0.25, 0.3) is 0 Å². The van der Waals surface area contributed by atoms with Crippen LogP contribution in [0.15, 0.2) is 24.5 Å². The molecule has 14 heavy (non-hydrogen) atoms. The van der Waals surface area contributed by atoms with Gasteiger partial charge in [0, 0.05) is 6.20 Å². The topological polar surface area (TPSA) is 67.5 Å². The lowest BCUT2D eigenvalue weighted by atomic mass is 10.1. The van der Waals surface area contributed by atoms with Crippen molar-refractivity contribution in [2.45, 2.75) is 12.8 Å². The van der Waals surface area contributed by atoms with Gasteiger partial charge in [-0.1, -0.05) is 0 Å². The molecule has 0 bridgehead atoms. The van der Waals surface area contributed by atoms with Crippen molar-refractivity contribution in [1.29, 1.82) is 0 Å². The first-order chi connectivity index (χ1) is 6.68. The van der Waals surface area contributed by atoms with Crippen LogP contribution in [0, 0.1) is 0 Å². The number of hydrogen-bond acceptors (Lipinski definition) is 3. The summed E-state index contributed by atoms with van der Waals surface area (Å²) < 4.78 is 1.56. The molecular weight excluding hydrogens is 182 g/mol. The Morgan fingerprint density at radius 2 is 2.43 bits per heavy atom. The summed E-state index contributed by atoms with van der Waals surface area (Å²) in [5.41, 5.74) is 1.19. The van der Waals surface area contributed by atoms with Gasteiger partial charge in [0.15, 0.2) is 5.65 Å². The fourth-order valence-corrected chi connectivity index (χ4v) is 1.18. The van der Waals surface area contributed by atoms with Crippen molar-refractivity contribution in [3.8, 4) is 0 Å². The molecule has 2 heterocycles. The Labute approximate surface area is 80.0 Å². The van der Waals surface area contributed by atoms with Crippen molar-refractivity contribution in [1.82, 2.24) is 14.6 Å². The summed E-state index contributed by atoms with van der Waals surface area (Å²) in [4.78, 5) is 14.9. The molecule has 0 radical (unpaired) electrons. The third kappa shape index (κ3) is 1.32. The standard InChI is InChI=1S/C9H9N3O2/c1-6(9(13)14)7-5-12-8(11-7)3-2-4-10-12/h2-6H,1H3,(H,13,14). The van der Waals surface area contributed by atoms with Crippen molar-refractivity contribution in [2.75, 3.05) is 0 Å². The van der Waals surface area contributed by atoms with E-state index < -0.39 is 11.9 Å². The van der Waals surface area contributed by atoms with Crippen LogP contribution in [0.5, 0.6) is 0 Å². The zero-order valence-electron chi connectivity index (χ0n) is 7.58. The number of rotatable bonds is 2. The third-order valence-electron chi connectivity index (χ3n) is 2.07. The van der Waals surface area contributed by atoms with Gasteiger partial charge in [-0.05, 0) is 19.1 Å². The highest BCUT2D eigenvalue weighted by atomic mass is 16.4. The van der Waals surface area contributed by atoms with Gasteiger partial charge >= 0.3 is 5.97 Å². The predicted molar refractivity (Wildman–Crippen MR) is 49.0 cm³/mol. The first-order valence-electron chi connectivity index (χ1n) is 4.21. The van der Waals surface area contributed by atoms with Crippen LogP contribution in [0.1, 0.15) is 18.5 Å². The van der Waals surface area contributed by atoms with Crippen molar-refractivity contribution in [3.05, 3.63) is 30.2 Å². The van der Waals surface area contributed by atoms with Crippen molar-refractivity contribution >= 4 is 11.6 Å². The summed E-state index contributed by atoms with van der Waals surface area (Å²) in [6, 6.07) is 3.54. The number of carbonyl (C=O) groups is 1. The van der Waals surface area contributed by atoms with E-state index in [0.717, 1.165) is 0 Å². The lowest BCUT2D eigenvalue weighted by Gasteiger charge is -1.98. The maximum atomic E-state index is 10.7. The molecule has 0 aliphatic rings. The molecule has 0 aliphatic heterocycles. The minimum absolute atomic E-state index is 0.524. The number of imidazole rings is 1. The van der Waals surface area contributed by atoms with Gasteiger partial charge in [0.2, 0.25) is 0 Å². The highest BCUT2D eigenvalue weighted by molar-refractivity contribution is 5.75. The normalized spacial score (nSPS) is 12.9. The van der Waals surface area contributed by atoms with E-state index in [1.54, 1.807) is 36.0 Å². The molecule has 0 aliphatic carbocycles. The van der Waals surface area contributed by atoms with Gasteiger partial charge in [-0.3, -0.25) is 4.79 Å². The minimum atomic E-state index is -0.881. The zero-order valence-corrected chi connectivity index (χ0v) is 7.58. The lowest BCUT2D eigenvalue weighted by molar-refractivity contribution is -0.138. The summed E-state index contributed by atoms with van der Waals surface area (Å²) in [7, 11) is 0. The van der Waals surface area contributed by atoms with Crippen LogP contribution in [0.25, 0.3) is 5.65 Å². The van der Waals surface area contributed by atoms with E-state index in [9.17, 15) is 4.79 Å². The first kappa shape index (κ1) is 8.68. The number of nitrogens with zero attached hydrogens (tertiary/aromatic N) is 3. The number of aromatic nitrogens is 3. The van der Waals surface area contributed by atoms with Gasteiger partial charge in [-0.25, -0.2) is 9.50 Å². The molecule has 0 aromatic carbocycles. The van der Waals surface area contributed by atoms with Gasteiger partial charge < -0.3 is 5.11 Å². The molecule has 72 valence electrons. The van der Waals surface area contributed by atoms with E-state index in [2.05, 4.69) is 10.1 Å². The molecule has 2 aromatic heterocycles. The van der Waals surface area contributed by atoms with Crippen molar-refractivity contribution in [2.24, 2.45) is 0 Å². The van der Waals surface area contributed by atoms with Crippen LogP contribution >= 0.6 is 0 Å². The Morgan fingerprint density at radius 3 is 3.07 bits per heavy atom. The van der Waals surface area contributed by atoms with E-state index in [4.69, 9.17) is 5.11 Å². The second kappa shape index (κ2) is 3.10. The van der Waals surface area contributed by atoms with E-state index in [1.807, 2.05) is 0 Å². The van der Waals surface area contributed by atoms with E-state index in [1.165, 1.54) is 0 Å². The van der Waals surface area contributed by atoms with Gasteiger partial charge in [0.1, 0.15) is 0 Å². The SMILES string of the molecule is CC(C(=O)O)c1cn2ncccc2n1. The van der Waals surface area contributed by atoms with Crippen LogP contribution in [0.2, 0.25) is 0 Å².